The summed E-state index contributed by atoms with van der Waals surface area (Å²) in [4.78, 5) is 19.7. The van der Waals surface area contributed by atoms with Gasteiger partial charge in [0.05, 0.1) is 45.5 Å². The zero-order chi connectivity index (χ0) is 37.2. The van der Waals surface area contributed by atoms with E-state index in [1.165, 1.54) is 17.1 Å². The molecular formula is C47H31B2N7O. The predicted octanol–water partition coefficient (Wildman–Crippen LogP) is 11.8. The fourth-order valence-corrected chi connectivity index (χ4v) is 9.65. The molecule has 4 aliphatic heterocycles. The molecule has 8 nitrogen and oxygen atoms in total. The van der Waals surface area contributed by atoms with Crippen molar-refractivity contribution < 1.29 is 4.42 Å². The highest BCUT2D eigenvalue weighted by molar-refractivity contribution is 6.81. The van der Waals surface area contributed by atoms with Gasteiger partial charge in [-0.2, -0.15) is 0 Å². The lowest BCUT2D eigenvalue weighted by Crippen LogP contribution is -2.51. The number of rotatable bonds is 4. The first-order valence-corrected chi connectivity index (χ1v) is 19.4. The summed E-state index contributed by atoms with van der Waals surface area (Å²) in [6, 6.07) is 64.7. The van der Waals surface area contributed by atoms with Crippen LogP contribution in [0.25, 0.3) is 21.9 Å². The Morgan fingerprint density at radius 1 is 0.351 bits per heavy atom. The molecule has 57 heavy (non-hydrogen) atoms. The Morgan fingerprint density at radius 2 is 0.754 bits per heavy atom. The predicted molar refractivity (Wildman–Crippen MR) is 235 cm³/mol. The van der Waals surface area contributed by atoms with E-state index in [2.05, 4.69) is 211 Å². The molecule has 0 radical (unpaired) electrons. The van der Waals surface area contributed by atoms with E-state index in [0.717, 1.165) is 73.3 Å². The van der Waals surface area contributed by atoms with Gasteiger partial charge in [-0.1, -0.05) is 84.9 Å². The Morgan fingerprint density at radius 3 is 1.25 bits per heavy atom. The number of pyridine rings is 1. The van der Waals surface area contributed by atoms with Crippen molar-refractivity contribution in [2.24, 2.45) is 0 Å². The maximum absolute atomic E-state index is 6.91. The molecule has 13 rings (SSSR count). The molecule has 6 heterocycles. The highest BCUT2D eigenvalue weighted by Crippen LogP contribution is 2.58. The first-order chi connectivity index (χ1) is 28.3. The maximum atomic E-state index is 6.91. The molecule has 266 valence electrons. The standard InChI is InChI=1S/C47H31B2N7O/c1-3-15-32(16-4-1)51-37-19-7-10-22-40(37)54-42-24-12-9-21-39(42)53(48(51)54)34-27-28-45-36(31-34)35-29-30-50-47(46(35)57-45)56-44-26-14-13-25-43(44)55-41-23-11-8-20-38(41)52(49(55)56)33-17-5-2-6-18-33/h1-31H. The molecule has 4 aliphatic rings. The molecular weight excluding hydrogens is 700 g/mol. The fraction of sp³-hybridized carbons (Fsp3) is 0. The topological polar surface area (TPSA) is 45.5 Å². The van der Waals surface area contributed by atoms with Crippen LogP contribution in [0.3, 0.4) is 0 Å². The Hall–Kier alpha value is -7.58. The van der Waals surface area contributed by atoms with Gasteiger partial charge in [-0.3, -0.25) is 0 Å². The second kappa shape index (κ2) is 11.5. The number of aromatic nitrogens is 1. The highest BCUT2D eigenvalue weighted by atomic mass is 16.3. The minimum absolute atomic E-state index is 0.143. The van der Waals surface area contributed by atoms with Crippen molar-refractivity contribution in [1.82, 2.24) is 4.98 Å². The molecule has 7 aromatic carbocycles. The molecule has 0 unspecified atom stereocenters. The summed E-state index contributed by atoms with van der Waals surface area (Å²) in [5.74, 6) is 0.776. The fourth-order valence-electron chi connectivity index (χ4n) is 9.65. The summed E-state index contributed by atoms with van der Waals surface area (Å²) in [6.45, 7) is 0. The van der Waals surface area contributed by atoms with Crippen LogP contribution in [0.5, 0.6) is 0 Å². The molecule has 0 aliphatic carbocycles. The summed E-state index contributed by atoms with van der Waals surface area (Å²) in [5, 5.41) is 2.07. The van der Waals surface area contributed by atoms with Gasteiger partial charge < -0.3 is 33.3 Å². The lowest BCUT2D eigenvalue weighted by Gasteiger charge is -2.31. The summed E-state index contributed by atoms with van der Waals surface area (Å²) in [7, 11) is -0.376. The van der Waals surface area contributed by atoms with Gasteiger partial charge in [0.15, 0.2) is 11.4 Å². The minimum atomic E-state index is -0.232. The average Bonchev–Trinajstić information content (AvgIpc) is 4.06. The number of fused-ring (bicyclic) bond motifs is 13. The maximum Gasteiger partial charge on any atom is 0.520 e. The van der Waals surface area contributed by atoms with Crippen molar-refractivity contribution in [3.05, 3.63) is 188 Å². The first-order valence-electron chi connectivity index (χ1n) is 19.4. The van der Waals surface area contributed by atoms with Crippen LogP contribution in [-0.2, 0) is 0 Å². The van der Waals surface area contributed by atoms with Gasteiger partial charge in [-0.05, 0) is 97.1 Å². The van der Waals surface area contributed by atoms with Crippen LogP contribution in [0, 0.1) is 0 Å². The summed E-state index contributed by atoms with van der Waals surface area (Å²) in [6.07, 6.45) is 1.93. The first kappa shape index (κ1) is 30.7. The Bertz CT molecular complexity index is 3040. The Labute approximate surface area is 329 Å². The van der Waals surface area contributed by atoms with Crippen molar-refractivity contribution in [2.75, 3.05) is 28.9 Å². The van der Waals surface area contributed by atoms with Gasteiger partial charge in [-0.15, -0.1) is 0 Å². The second-order valence-electron chi connectivity index (χ2n) is 14.8. The van der Waals surface area contributed by atoms with Gasteiger partial charge in [-0.25, -0.2) is 4.98 Å². The molecule has 0 spiro atoms. The van der Waals surface area contributed by atoms with E-state index in [-0.39, 0.29) is 14.2 Å². The number of furan rings is 1. The van der Waals surface area contributed by atoms with E-state index < -0.39 is 0 Å². The third-order valence-corrected chi connectivity index (χ3v) is 11.9. The third-order valence-electron chi connectivity index (χ3n) is 11.9. The van der Waals surface area contributed by atoms with Crippen LogP contribution in [0.4, 0.5) is 68.4 Å². The van der Waals surface area contributed by atoms with Gasteiger partial charge in [0.2, 0.25) is 0 Å². The van der Waals surface area contributed by atoms with Crippen molar-refractivity contribution in [2.45, 2.75) is 0 Å². The van der Waals surface area contributed by atoms with Crippen molar-refractivity contribution >= 4 is 105 Å². The summed E-state index contributed by atoms with van der Waals surface area (Å²) < 4.78 is 6.91. The van der Waals surface area contributed by atoms with E-state index in [4.69, 9.17) is 9.40 Å². The lowest BCUT2D eigenvalue weighted by atomic mass is 9.86. The molecule has 0 amide bonds. The van der Waals surface area contributed by atoms with Gasteiger partial charge >= 0.3 is 14.2 Å². The zero-order valence-corrected chi connectivity index (χ0v) is 30.6. The molecule has 9 aromatic rings. The van der Waals surface area contributed by atoms with E-state index in [1.807, 2.05) is 6.20 Å². The van der Waals surface area contributed by atoms with Crippen molar-refractivity contribution in [3.8, 4) is 0 Å². The van der Waals surface area contributed by atoms with Crippen LogP contribution in [0.2, 0.25) is 0 Å². The van der Waals surface area contributed by atoms with Crippen LogP contribution < -0.4 is 28.9 Å². The van der Waals surface area contributed by atoms with Gasteiger partial charge in [0, 0.05) is 34.0 Å². The van der Waals surface area contributed by atoms with Crippen LogP contribution in [0.1, 0.15) is 0 Å². The molecule has 10 heteroatoms. The molecule has 2 aromatic heterocycles. The Balaban J connectivity index is 0.989. The number of hydrogen-bond acceptors (Lipinski definition) is 8. The quantitative estimate of drug-likeness (QED) is 0.166. The van der Waals surface area contributed by atoms with Gasteiger partial charge in [0.25, 0.3) is 0 Å². The molecule has 0 atom stereocenters. The summed E-state index contributed by atoms with van der Waals surface area (Å²) >= 11 is 0. The molecule has 0 fully saturated rings. The highest BCUT2D eigenvalue weighted by Gasteiger charge is 2.55. The largest absolute Gasteiger partial charge is 0.520 e. The molecule has 0 bridgehead atoms. The van der Waals surface area contributed by atoms with E-state index in [0.29, 0.717) is 0 Å². The van der Waals surface area contributed by atoms with Crippen LogP contribution >= 0.6 is 0 Å². The Kier molecular flexibility index (Phi) is 6.18. The number of nitrogens with zero attached hydrogens (tertiary/aromatic N) is 7. The molecule has 0 N–H and O–H groups in total. The van der Waals surface area contributed by atoms with Crippen LogP contribution in [-0.4, -0.2) is 19.2 Å². The number of anilines is 12. The average molecular weight is 731 g/mol. The SMILES string of the molecule is c1ccc(N2B3N(c4ccc5oc6c(N7B8N(c9ccccc9)c9ccccc9N8c8ccccc87)nccc6c5c4)c4ccccc4N3c3ccccc32)cc1. The lowest BCUT2D eigenvalue weighted by molar-refractivity contribution is 0.667. The van der Waals surface area contributed by atoms with Crippen LogP contribution in [0.15, 0.2) is 193 Å². The third kappa shape index (κ3) is 4.11. The van der Waals surface area contributed by atoms with Gasteiger partial charge in [0.1, 0.15) is 5.58 Å². The van der Waals surface area contributed by atoms with E-state index >= 15 is 0 Å². The number of para-hydroxylation sites is 10. The number of hydrogen-bond donors (Lipinski definition) is 0. The minimum Gasteiger partial charge on any atom is -0.452 e. The molecule has 0 saturated carbocycles. The van der Waals surface area contributed by atoms with Crippen molar-refractivity contribution in [3.63, 3.8) is 0 Å². The zero-order valence-electron chi connectivity index (χ0n) is 30.6. The van der Waals surface area contributed by atoms with E-state index in [9.17, 15) is 0 Å². The monoisotopic (exact) mass is 731 g/mol. The molecule has 0 saturated heterocycles. The normalized spacial score (nSPS) is 14.7. The number of benzene rings is 7. The smallest absolute Gasteiger partial charge is 0.452 e. The van der Waals surface area contributed by atoms with E-state index in [1.54, 1.807) is 0 Å². The second-order valence-corrected chi connectivity index (χ2v) is 14.8. The summed E-state index contributed by atoms with van der Waals surface area (Å²) in [5.41, 5.74) is 14.1. The van der Waals surface area contributed by atoms with Crippen molar-refractivity contribution in [1.29, 1.82) is 0 Å².